The molecule has 0 bridgehead atoms. The van der Waals surface area contributed by atoms with Crippen LogP contribution in [0, 0.1) is 0 Å². The van der Waals surface area contributed by atoms with Gasteiger partial charge in [0.15, 0.2) is 0 Å². The van der Waals surface area contributed by atoms with Crippen LogP contribution in [0.2, 0.25) is 0 Å². The van der Waals surface area contributed by atoms with Crippen LogP contribution in [0.4, 0.5) is 4.79 Å². The zero-order chi connectivity index (χ0) is 8.44. The Hall–Kier alpha value is -0.220. The van der Waals surface area contributed by atoms with E-state index in [0.29, 0.717) is 6.66 Å². The molecule has 5 nitrogen and oxygen atoms in total. The van der Waals surface area contributed by atoms with Crippen LogP contribution in [0.15, 0.2) is 0 Å². The van der Waals surface area contributed by atoms with Gasteiger partial charge in [0.2, 0.25) is 0 Å². The average Bonchev–Trinajstić information content (AvgIpc) is 1.62. The monoisotopic (exact) mass is 170 g/mol. The maximum absolute atomic E-state index is 10.5. The first-order chi connectivity index (χ1) is 4.24. The molecule has 62 valence electrons. The Morgan fingerprint density at radius 2 is 1.90 bits per heavy atom. The number of hydrogen-bond donors (Lipinski definition) is 3. The first-order valence-electron chi connectivity index (χ1n) is 2.67. The maximum atomic E-state index is 10.5. The van der Waals surface area contributed by atoms with E-state index in [1.54, 1.807) is 0 Å². The summed E-state index contributed by atoms with van der Waals surface area (Å²) in [6, 6.07) is 0. The predicted molar refractivity (Wildman–Crippen MR) is 36.5 cm³/mol. The molecular formula is C4H11O5P. The van der Waals surface area contributed by atoms with Crippen LogP contribution in [0.5, 0.6) is 0 Å². The third-order valence-corrected chi connectivity index (χ3v) is 1.68. The van der Waals surface area contributed by atoms with Crippen LogP contribution in [0.3, 0.4) is 0 Å². The second-order valence-electron chi connectivity index (χ2n) is 2.09. The zero-order valence-corrected chi connectivity index (χ0v) is 6.71. The Balaban J connectivity index is 4.21. The molecule has 0 atom stereocenters. The van der Waals surface area contributed by atoms with Gasteiger partial charge in [-0.05, 0) is 0 Å². The van der Waals surface area contributed by atoms with Crippen LogP contribution >= 0.6 is 7.28 Å². The summed E-state index contributed by atoms with van der Waals surface area (Å²) < 4.78 is 4.18. The van der Waals surface area contributed by atoms with Gasteiger partial charge in [-0.15, -0.1) is 0 Å². The molecule has 0 aliphatic heterocycles. The number of ether oxygens (including phenoxy) is 1. The zero-order valence-electron chi connectivity index (χ0n) is 5.81. The molecule has 0 fully saturated rings. The van der Waals surface area contributed by atoms with Crippen molar-refractivity contribution in [2.75, 3.05) is 13.3 Å². The molecular weight excluding hydrogens is 159 g/mol. The Morgan fingerprint density at radius 1 is 1.50 bits per heavy atom. The van der Waals surface area contributed by atoms with Gasteiger partial charge >= 0.3 is 57.4 Å². The summed E-state index contributed by atoms with van der Waals surface area (Å²) >= 11 is 0. The summed E-state index contributed by atoms with van der Waals surface area (Å²) in [5.41, 5.74) is -1.35. The van der Waals surface area contributed by atoms with Gasteiger partial charge < -0.3 is 0 Å². The standard InChI is InChI=1S/C4H11O5P/c1-3-9-4(5)10(2,6,7)8/h6-8H,3H2,1-2H3. The molecule has 0 aromatic rings. The van der Waals surface area contributed by atoms with Crippen molar-refractivity contribution in [2.45, 2.75) is 6.92 Å². The minimum atomic E-state index is -5.10. The van der Waals surface area contributed by atoms with E-state index in [9.17, 15) is 4.79 Å². The van der Waals surface area contributed by atoms with Crippen molar-refractivity contribution < 1.29 is 24.2 Å². The fourth-order valence-corrected chi connectivity index (χ4v) is 0.706. The average molecular weight is 170 g/mol. The summed E-state index contributed by atoms with van der Waals surface area (Å²) in [5, 5.41) is 0. The molecule has 0 heterocycles. The quantitative estimate of drug-likeness (QED) is 0.509. The molecule has 0 aliphatic rings. The SMILES string of the molecule is CCOC(=O)P(C)(O)(O)O. The Morgan fingerprint density at radius 3 is 2.00 bits per heavy atom. The van der Waals surface area contributed by atoms with Crippen LogP contribution in [0.25, 0.3) is 0 Å². The third-order valence-electron chi connectivity index (χ3n) is 0.695. The van der Waals surface area contributed by atoms with E-state index in [1.807, 2.05) is 0 Å². The van der Waals surface area contributed by atoms with Gasteiger partial charge in [-0.1, -0.05) is 0 Å². The van der Waals surface area contributed by atoms with Gasteiger partial charge in [-0.25, -0.2) is 0 Å². The van der Waals surface area contributed by atoms with E-state index in [-0.39, 0.29) is 6.61 Å². The van der Waals surface area contributed by atoms with Crippen molar-refractivity contribution in [3.05, 3.63) is 0 Å². The second-order valence-corrected chi connectivity index (χ2v) is 5.24. The summed E-state index contributed by atoms with van der Waals surface area (Å²) in [7, 11) is -5.10. The van der Waals surface area contributed by atoms with E-state index in [2.05, 4.69) is 4.74 Å². The molecule has 6 heteroatoms. The molecule has 0 saturated heterocycles. The Bertz CT molecular complexity index is 136. The van der Waals surface area contributed by atoms with Crippen molar-refractivity contribution in [2.24, 2.45) is 0 Å². The van der Waals surface area contributed by atoms with Gasteiger partial charge in [0, 0.05) is 0 Å². The van der Waals surface area contributed by atoms with Crippen molar-refractivity contribution in [3.8, 4) is 0 Å². The number of hydrogen-bond acceptors (Lipinski definition) is 5. The molecule has 3 N–H and O–H groups in total. The number of carbonyl (C=O) groups is 1. The summed E-state index contributed by atoms with van der Waals surface area (Å²) in [6.07, 6.45) is 0. The Kier molecular flexibility index (Phi) is 2.38. The minimum absolute atomic E-state index is 0.00620. The van der Waals surface area contributed by atoms with Crippen molar-refractivity contribution >= 4 is 13.0 Å². The molecule has 0 saturated carbocycles. The molecule has 0 amide bonds. The van der Waals surface area contributed by atoms with Gasteiger partial charge in [-0.3, -0.25) is 0 Å². The molecule has 0 aromatic heterocycles. The van der Waals surface area contributed by atoms with Crippen molar-refractivity contribution in [1.82, 2.24) is 0 Å². The van der Waals surface area contributed by atoms with Gasteiger partial charge in [-0.2, -0.15) is 0 Å². The summed E-state index contributed by atoms with van der Waals surface area (Å²) in [5.74, 6) is 0. The molecule has 0 radical (unpaired) electrons. The van der Waals surface area contributed by atoms with E-state index < -0.39 is 13.0 Å². The molecule has 0 aliphatic carbocycles. The molecule has 10 heavy (non-hydrogen) atoms. The third kappa shape index (κ3) is 3.08. The topological polar surface area (TPSA) is 87.0 Å². The fourth-order valence-electron chi connectivity index (χ4n) is 0.275. The molecule has 0 rings (SSSR count). The normalized spacial score (nSPS) is 15.5. The van der Waals surface area contributed by atoms with Crippen LogP contribution in [-0.2, 0) is 4.74 Å². The number of carbonyl (C=O) groups excluding carboxylic acids is 1. The van der Waals surface area contributed by atoms with Crippen molar-refractivity contribution in [1.29, 1.82) is 0 Å². The first-order valence-corrected chi connectivity index (χ1v) is 5.22. The van der Waals surface area contributed by atoms with Crippen LogP contribution in [-0.4, -0.2) is 33.7 Å². The molecule has 0 spiro atoms. The van der Waals surface area contributed by atoms with Gasteiger partial charge in [0.05, 0.1) is 0 Å². The van der Waals surface area contributed by atoms with E-state index in [0.717, 1.165) is 0 Å². The van der Waals surface area contributed by atoms with E-state index in [4.69, 9.17) is 14.7 Å². The second kappa shape index (κ2) is 2.43. The summed E-state index contributed by atoms with van der Waals surface area (Å²) in [6.45, 7) is 2.16. The van der Waals surface area contributed by atoms with Gasteiger partial charge in [0.25, 0.3) is 0 Å². The van der Waals surface area contributed by atoms with E-state index >= 15 is 0 Å². The number of rotatable bonds is 2. The predicted octanol–water partition coefficient (Wildman–Crippen LogP) is 0.0479. The van der Waals surface area contributed by atoms with Gasteiger partial charge in [0.1, 0.15) is 0 Å². The van der Waals surface area contributed by atoms with E-state index in [1.165, 1.54) is 6.92 Å². The molecule has 0 aromatic carbocycles. The first kappa shape index (κ1) is 9.78. The van der Waals surface area contributed by atoms with Crippen molar-refractivity contribution in [3.63, 3.8) is 0 Å². The fraction of sp³-hybridized carbons (Fsp3) is 0.750. The Labute approximate surface area is 58.4 Å². The summed E-state index contributed by atoms with van der Waals surface area (Å²) in [4.78, 5) is 36.4. The van der Waals surface area contributed by atoms with Crippen LogP contribution in [0.1, 0.15) is 6.92 Å². The van der Waals surface area contributed by atoms with Crippen LogP contribution < -0.4 is 0 Å². The molecule has 0 unspecified atom stereocenters.